The van der Waals surface area contributed by atoms with Gasteiger partial charge in [0.05, 0.1) is 7.05 Å². The number of benzene rings is 2. The summed E-state index contributed by atoms with van der Waals surface area (Å²) in [6.45, 7) is 9.23. The molecule has 1 aromatic heterocycles. The number of aliphatic hydroxyl groups excluding tert-OH is 1. The van der Waals surface area contributed by atoms with Crippen molar-refractivity contribution in [3.63, 3.8) is 0 Å². The first-order valence-electron chi connectivity index (χ1n) is 9.24. The number of aliphatic hydroxyl groups is 1. The number of ether oxygens (including phenoxy) is 1. The molecule has 0 spiro atoms. The highest BCUT2D eigenvalue weighted by molar-refractivity contribution is 5.74. The van der Waals surface area contributed by atoms with E-state index < -0.39 is 6.10 Å². The van der Waals surface area contributed by atoms with E-state index in [0.29, 0.717) is 6.54 Å². The van der Waals surface area contributed by atoms with Gasteiger partial charge >= 0.3 is 0 Å². The first-order chi connectivity index (χ1) is 12.4. The zero-order valence-corrected chi connectivity index (χ0v) is 18.9. The summed E-state index contributed by atoms with van der Waals surface area (Å²) < 4.78 is 10.1. The minimum Gasteiger partial charge on any atom is -1.00 e. The lowest BCUT2D eigenvalue weighted by atomic mass is 10.1. The number of rotatable bonds is 6. The Kier molecular flexibility index (Phi) is 7.28. The zero-order chi connectivity index (χ0) is 18.8. The molecule has 146 valence electrons. The average Bonchev–Trinajstić information content (AvgIpc) is 2.88. The Morgan fingerprint density at radius 3 is 2.48 bits per heavy atom. The maximum atomic E-state index is 10.5. The number of hydrogen-bond acceptors (Lipinski definition) is 2. The van der Waals surface area contributed by atoms with E-state index in [2.05, 4.69) is 61.1 Å². The highest BCUT2D eigenvalue weighted by atomic mass is 127. The van der Waals surface area contributed by atoms with Gasteiger partial charge in [0.25, 0.3) is 0 Å². The fourth-order valence-electron chi connectivity index (χ4n) is 3.36. The lowest BCUT2D eigenvalue weighted by Gasteiger charge is -2.12. The summed E-state index contributed by atoms with van der Waals surface area (Å²) in [6.07, 6.45) is 2.44. The van der Waals surface area contributed by atoms with E-state index in [1.54, 1.807) is 0 Å². The highest BCUT2D eigenvalue weighted by Crippen LogP contribution is 2.19. The van der Waals surface area contributed by atoms with Crippen LogP contribution in [0.2, 0.25) is 0 Å². The maximum Gasteiger partial charge on any atom is 0.244 e. The fourth-order valence-corrected chi connectivity index (χ4v) is 3.36. The van der Waals surface area contributed by atoms with Crippen LogP contribution in [0.5, 0.6) is 5.75 Å². The zero-order valence-electron chi connectivity index (χ0n) is 16.8. The van der Waals surface area contributed by atoms with Crippen LogP contribution in [0.3, 0.4) is 0 Å². The molecule has 0 bridgehead atoms. The molecular formula is C22H29IN2O2. The molecule has 0 saturated heterocycles. The molecule has 0 fully saturated rings. The van der Waals surface area contributed by atoms with Crippen molar-refractivity contribution in [2.24, 2.45) is 7.05 Å². The molecule has 0 aliphatic rings. The Bertz CT molecular complexity index is 934. The first-order valence-corrected chi connectivity index (χ1v) is 9.24. The minimum atomic E-state index is -0.571. The third kappa shape index (κ3) is 5.02. The number of aryl methyl sites for hydroxylation is 5. The third-order valence-electron chi connectivity index (χ3n) is 4.96. The second-order valence-corrected chi connectivity index (χ2v) is 7.28. The molecule has 5 heteroatoms. The van der Waals surface area contributed by atoms with Crippen molar-refractivity contribution in [3.05, 3.63) is 58.9 Å². The number of nitrogens with zero attached hydrogens (tertiary/aromatic N) is 2. The van der Waals surface area contributed by atoms with Crippen LogP contribution >= 0.6 is 0 Å². The van der Waals surface area contributed by atoms with Gasteiger partial charge < -0.3 is 33.8 Å². The van der Waals surface area contributed by atoms with Gasteiger partial charge in [0.2, 0.25) is 6.33 Å². The SMILES string of the molecule is CCc1cc(C)cc(OCC(O)Cn2c[n+](C)c3cc(C)c(C)cc32)c1.[I-]. The quantitative estimate of drug-likeness (QED) is 0.410. The Morgan fingerprint density at radius 2 is 1.78 bits per heavy atom. The van der Waals surface area contributed by atoms with Crippen molar-refractivity contribution < 1.29 is 38.4 Å². The van der Waals surface area contributed by atoms with Gasteiger partial charge in [0.15, 0.2) is 11.0 Å². The van der Waals surface area contributed by atoms with Gasteiger partial charge in [0.1, 0.15) is 25.0 Å². The monoisotopic (exact) mass is 480 g/mol. The van der Waals surface area contributed by atoms with Gasteiger partial charge in [0, 0.05) is 0 Å². The number of fused-ring (bicyclic) bond motifs is 1. The van der Waals surface area contributed by atoms with Gasteiger partial charge in [-0.2, -0.15) is 0 Å². The molecule has 1 heterocycles. The van der Waals surface area contributed by atoms with E-state index in [-0.39, 0.29) is 30.6 Å². The molecule has 0 aliphatic heterocycles. The van der Waals surface area contributed by atoms with Crippen molar-refractivity contribution in [3.8, 4) is 5.75 Å². The molecule has 0 aliphatic carbocycles. The van der Waals surface area contributed by atoms with Crippen LogP contribution in [-0.4, -0.2) is 22.4 Å². The predicted octanol–water partition coefficient (Wildman–Crippen LogP) is 0.397. The molecule has 27 heavy (non-hydrogen) atoms. The Balaban J connectivity index is 0.00000261. The third-order valence-corrected chi connectivity index (χ3v) is 4.96. The van der Waals surface area contributed by atoms with E-state index >= 15 is 0 Å². The van der Waals surface area contributed by atoms with Crippen molar-refractivity contribution in [2.45, 2.75) is 46.8 Å². The van der Waals surface area contributed by atoms with E-state index in [1.165, 1.54) is 27.8 Å². The normalized spacial score (nSPS) is 12.1. The predicted molar refractivity (Wildman–Crippen MR) is 105 cm³/mol. The number of imidazole rings is 1. The Labute approximate surface area is 178 Å². The first kappa shape index (κ1) is 21.7. The summed E-state index contributed by atoms with van der Waals surface area (Å²) in [5.41, 5.74) is 7.29. The second kappa shape index (κ2) is 9.06. The molecule has 1 unspecified atom stereocenters. The summed E-state index contributed by atoms with van der Waals surface area (Å²) in [4.78, 5) is 0. The lowest BCUT2D eigenvalue weighted by Crippen LogP contribution is -3.00. The summed E-state index contributed by atoms with van der Waals surface area (Å²) in [5, 5.41) is 10.5. The molecule has 0 amide bonds. The standard InChI is InChI=1S/C22H29N2O2.HI/c1-6-18-7-15(2)8-20(11-18)26-13-19(25)12-24-14-23(5)21-9-16(3)17(4)10-22(21)24;/h7-11,14,19,25H,6,12-13H2,1-5H3;1H/q+1;/p-1. The summed E-state index contributed by atoms with van der Waals surface area (Å²) >= 11 is 0. The molecule has 1 N–H and O–H groups in total. The molecule has 0 radical (unpaired) electrons. The topological polar surface area (TPSA) is 38.3 Å². The van der Waals surface area contributed by atoms with Gasteiger partial charge in [-0.05, 0) is 73.7 Å². The molecule has 2 aromatic carbocycles. The Hall–Kier alpha value is -1.60. The molecular weight excluding hydrogens is 451 g/mol. The molecule has 0 saturated carbocycles. The van der Waals surface area contributed by atoms with Crippen LogP contribution in [0.25, 0.3) is 11.0 Å². The van der Waals surface area contributed by atoms with E-state index in [0.717, 1.165) is 17.7 Å². The van der Waals surface area contributed by atoms with Gasteiger partial charge in [-0.1, -0.05) is 13.0 Å². The summed E-state index contributed by atoms with van der Waals surface area (Å²) in [7, 11) is 2.04. The van der Waals surface area contributed by atoms with Crippen molar-refractivity contribution in [1.82, 2.24) is 4.57 Å². The Morgan fingerprint density at radius 1 is 1.07 bits per heavy atom. The fraction of sp³-hybridized carbons (Fsp3) is 0.409. The van der Waals surface area contributed by atoms with Gasteiger partial charge in [-0.15, -0.1) is 0 Å². The van der Waals surface area contributed by atoms with Crippen LogP contribution in [0.4, 0.5) is 0 Å². The minimum absolute atomic E-state index is 0. The number of aromatic nitrogens is 2. The van der Waals surface area contributed by atoms with E-state index in [4.69, 9.17) is 4.74 Å². The van der Waals surface area contributed by atoms with E-state index in [9.17, 15) is 5.11 Å². The maximum absolute atomic E-state index is 10.5. The van der Waals surface area contributed by atoms with Crippen LogP contribution in [0.15, 0.2) is 36.7 Å². The van der Waals surface area contributed by atoms with Crippen LogP contribution < -0.4 is 33.3 Å². The second-order valence-electron chi connectivity index (χ2n) is 7.28. The summed E-state index contributed by atoms with van der Waals surface area (Å²) in [6, 6.07) is 10.6. The lowest BCUT2D eigenvalue weighted by molar-refractivity contribution is -0.645. The van der Waals surface area contributed by atoms with Gasteiger partial charge in [-0.25, -0.2) is 9.13 Å². The van der Waals surface area contributed by atoms with Crippen LogP contribution in [0, 0.1) is 20.8 Å². The number of hydrogen-bond donors (Lipinski definition) is 1. The van der Waals surface area contributed by atoms with Crippen molar-refractivity contribution >= 4 is 11.0 Å². The van der Waals surface area contributed by atoms with Crippen molar-refractivity contribution in [2.75, 3.05) is 6.61 Å². The average molecular weight is 480 g/mol. The largest absolute Gasteiger partial charge is 1.00 e. The molecule has 3 rings (SSSR count). The molecule has 1 atom stereocenters. The van der Waals surface area contributed by atoms with Crippen LogP contribution in [0.1, 0.15) is 29.2 Å². The van der Waals surface area contributed by atoms with E-state index in [1.807, 2.05) is 19.4 Å². The highest BCUT2D eigenvalue weighted by Gasteiger charge is 2.18. The van der Waals surface area contributed by atoms with Gasteiger partial charge in [-0.3, -0.25) is 0 Å². The van der Waals surface area contributed by atoms with Crippen LogP contribution in [-0.2, 0) is 20.0 Å². The molecule has 3 aromatic rings. The summed E-state index contributed by atoms with van der Waals surface area (Å²) in [5.74, 6) is 0.829. The molecule has 4 nitrogen and oxygen atoms in total. The smallest absolute Gasteiger partial charge is 0.244 e. The number of halogens is 1. The van der Waals surface area contributed by atoms with Crippen molar-refractivity contribution in [1.29, 1.82) is 0 Å².